The molecule has 1 aliphatic rings. The van der Waals surface area contributed by atoms with Crippen molar-refractivity contribution in [3.63, 3.8) is 0 Å². The van der Waals surface area contributed by atoms with Gasteiger partial charge in [-0.05, 0) is 41.5 Å². The molecule has 0 amide bonds. The van der Waals surface area contributed by atoms with Crippen LogP contribution in [0.15, 0.2) is 0 Å². The van der Waals surface area contributed by atoms with Crippen LogP contribution >= 0.6 is 0 Å². The van der Waals surface area contributed by atoms with E-state index in [1.165, 1.54) is 19.6 Å². The fourth-order valence-electron chi connectivity index (χ4n) is 2.60. The summed E-state index contributed by atoms with van der Waals surface area (Å²) in [5, 5.41) is 0. The van der Waals surface area contributed by atoms with Gasteiger partial charge in [0.25, 0.3) is 0 Å². The zero-order valence-corrected chi connectivity index (χ0v) is 10.7. The van der Waals surface area contributed by atoms with Crippen molar-refractivity contribution >= 4 is 0 Å². The fourth-order valence-corrected chi connectivity index (χ4v) is 2.60. The third-order valence-electron chi connectivity index (χ3n) is 3.35. The van der Waals surface area contributed by atoms with Gasteiger partial charge >= 0.3 is 0 Å². The Morgan fingerprint density at radius 3 is 1.86 bits per heavy atom. The van der Waals surface area contributed by atoms with Crippen LogP contribution in [-0.2, 0) is 0 Å². The molecule has 0 atom stereocenters. The molecular formula is C12H26N2. The molecule has 0 radical (unpaired) electrons. The first kappa shape index (κ1) is 12.0. The quantitative estimate of drug-likeness (QED) is 0.671. The van der Waals surface area contributed by atoms with Gasteiger partial charge in [-0.2, -0.15) is 0 Å². The first-order chi connectivity index (χ1) is 6.34. The van der Waals surface area contributed by atoms with Gasteiger partial charge in [-0.3, -0.25) is 9.80 Å². The Bertz CT molecular complexity index is 185. The van der Waals surface area contributed by atoms with E-state index in [9.17, 15) is 0 Å². The molecule has 1 rings (SSSR count). The second-order valence-electron chi connectivity index (χ2n) is 5.66. The third kappa shape index (κ3) is 2.48. The van der Waals surface area contributed by atoms with Gasteiger partial charge in [0.05, 0.1) is 0 Å². The molecule has 0 unspecified atom stereocenters. The molecule has 0 spiro atoms. The summed E-state index contributed by atoms with van der Waals surface area (Å²) < 4.78 is 0. The van der Waals surface area contributed by atoms with Crippen molar-refractivity contribution in [3.8, 4) is 0 Å². The zero-order chi connectivity index (χ0) is 10.9. The van der Waals surface area contributed by atoms with Crippen LogP contribution in [-0.4, -0.2) is 47.1 Å². The van der Waals surface area contributed by atoms with Gasteiger partial charge in [0.1, 0.15) is 0 Å². The normalized spacial score (nSPS) is 24.9. The van der Waals surface area contributed by atoms with Crippen molar-refractivity contribution in [2.24, 2.45) is 0 Å². The molecule has 1 heterocycles. The predicted octanol–water partition coefficient (Wildman–Crippen LogP) is 2.20. The Kier molecular flexibility index (Phi) is 3.59. The highest BCUT2D eigenvalue weighted by molar-refractivity contribution is 4.92. The summed E-state index contributed by atoms with van der Waals surface area (Å²) >= 11 is 0. The number of hydrogen-bond acceptors (Lipinski definition) is 2. The molecular weight excluding hydrogens is 172 g/mol. The largest absolute Gasteiger partial charge is 0.298 e. The second kappa shape index (κ2) is 4.19. The van der Waals surface area contributed by atoms with Crippen LogP contribution < -0.4 is 0 Å². The van der Waals surface area contributed by atoms with E-state index < -0.39 is 0 Å². The Hall–Kier alpha value is -0.0800. The molecule has 0 aliphatic carbocycles. The van der Waals surface area contributed by atoms with E-state index >= 15 is 0 Å². The van der Waals surface area contributed by atoms with E-state index in [2.05, 4.69) is 51.3 Å². The molecule has 2 heteroatoms. The van der Waals surface area contributed by atoms with Gasteiger partial charge in [0.15, 0.2) is 0 Å². The second-order valence-corrected chi connectivity index (χ2v) is 5.66. The van der Waals surface area contributed by atoms with Gasteiger partial charge in [-0.15, -0.1) is 0 Å². The lowest BCUT2D eigenvalue weighted by atomic mass is 9.96. The van der Waals surface area contributed by atoms with Crippen molar-refractivity contribution in [2.75, 3.05) is 19.6 Å². The van der Waals surface area contributed by atoms with E-state index in [1.807, 2.05) is 0 Å². The Morgan fingerprint density at radius 1 is 0.929 bits per heavy atom. The minimum absolute atomic E-state index is 0.330. The lowest BCUT2D eigenvalue weighted by Crippen LogP contribution is -2.62. The lowest BCUT2D eigenvalue weighted by molar-refractivity contribution is -0.0129. The minimum Gasteiger partial charge on any atom is -0.298 e. The molecule has 0 aromatic heterocycles. The Labute approximate surface area is 89.3 Å². The fraction of sp³-hybridized carbons (Fsp3) is 1.00. The zero-order valence-electron chi connectivity index (χ0n) is 10.7. The topological polar surface area (TPSA) is 6.48 Å². The standard InChI is InChI=1S/C12H26N2/c1-10(2)13-7-8-14(11(3)4)12(5,6)9-13/h10-11H,7-9H2,1-6H3. The molecule has 1 fully saturated rings. The summed E-state index contributed by atoms with van der Waals surface area (Å²) in [4.78, 5) is 5.20. The lowest BCUT2D eigenvalue weighted by Gasteiger charge is -2.50. The summed E-state index contributed by atoms with van der Waals surface area (Å²) in [6.45, 7) is 17.5. The maximum absolute atomic E-state index is 2.62. The van der Waals surface area contributed by atoms with Crippen LogP contribution in [0.5, 0.6) is 0 Å². The van der Waals surface area contributed by atoms with Crippen LogP contribution in [0.4, 0.5) is 0 Å². The summed E-state index contributed by atoms with van der Waals surface area (Å²) in [5.74, 6) is 0. The average molecular weight is 198 g/mol. The molecule has 14 heavy (non-hydrogen) atoms. The van der Waals surface area contributed by atoms with Crippen LogP contribution in [0, 0.1) is 0 Å². The molecule has 84 valence electrons. The molecule has 0 aromatic rings. The molecule has 1 aliphatic heterocycles. The number of nitrogens with zero attached hydrogens (tertiary/aromatic N) is 2. The van der Waals surface area contributed by atoms with Crippen molar-refractivity contribution < 1.29 is 0 Å². The van der Waals surface area contributed by atoms with E-state index in [-0.39, 0.29) is 0 Å². The van der Waals surface area contributed by atoms with E-state index in [4.69, 9.17) is 0 Å². The number of rotatable bonds is 2. The van der Waals surface area contributed by atoms with Crippen molar-refractivity contribution in [2.45, 2.75) is 59.2 Å². The Morgan fingerprint density at radius 2 is 1.50 bits per heavy atom. The van der Waals surface area contributed by atoms with Gasteiger partial charge in [-0.25, -0.2) is 0 Å². The first-order valence-electron chi connectivity index (χ1n) is 5.85. The molecule has 0 bridgehead atoms. The summed E-state index contributed by atoms with van der Waals surface area (Å²) in [5.41, 5.74) is 0.330. The highest BCUT2D eigenvalue weighted by atomic mass is 15.3. The molecule has 0 aromatic carbocycles. The van der Waals surface area contributed by atoms with Crippen molar-refractivity contribution in [1.82, 2.24) is 9.80 Å². The van der Waals surface area contributed by atoms with Crippen molar-refractivity contribution in [3.05, 3.63) is 0 Å². The molecule has 2 nitrogen and oxygen atoms in total. The van der Waals surface area contributed by atoms with E-state index in [1.54, 1.807) is 0 Å². The van der Waals surface area contributed by atoms with E-state index in [0.29, 0.717) is 17.6 Å². The van der Waals surface area contributed by atoms with Crippen LogP contribution in [0.2, 0.25) is 0 Å². The third-order valence-corrected chi connectivity index (χ3v) is 3.35. The number of hydrogen-bond donors (Lipinski definition) is 0. The SMILES string of the molecule is CC(C)N1CCN(C(C)C)C(C)(C)C1. The molecule has 0 saturated carbocycles. The summed E-state index contributed by atoms with van der Waals surface area (Å²) in [6.07, 6.45) is 0. The van der Waals surface area contributed by atoms with Gasteiger partial charge in [0, 0.05) is 37.3 Å². The maximum atomic E-state index is 2.62. The minimum atomic E-state index is 0.330. The van der Waals surface area contributed by atoms with E-state index in [0.717, 1.165) is 0 Å². The monoisotopic (exact) mass is 198 g/mol. The molecule has 0 N–H and O–H groups in total. The van der Waals surface area contributed by atoms with Gasteiger partial charge in [0.2, 0.25) is 0 Å². The first-order valence-corrected chi connectivity index (χ1v) is 5.85. The molecule has 1 saturated heterocycles. The summed E-state index contributed by atoms with van der Waals surface area (Å²) in [7, 11) is 0. The number of piperazine rings is 1. The van der Waals surface area contributed by atoms with Crippen LogP contribution in [0.25, 0.3) is 0 Å². The highest BCUT2D eigenvalue weighted by Gasteiger charge is 2.35. The van der Waals surface area contributed by atoms with Gasteiger partial charge < -0.3 is 0 Å². The van der Waals surface area contributed by atoms with Crippen LogP contribution in [0.1, 0.15) is 41.5 Å². The highest BCUT2D eigenvalue weighted by Crippen LogP contribution is 2.24. The van der Waals surface area contributed by atoms with Crippen molar-refractivity contribution in [1.29, 1.82) is 0 Å². The van der Waals surface area contributed by atoms with Crippen LogP contribution in [0.3, 0.4) is 0 Å². The smallest absolute Gasteiger partial charge is 0.0283 e. The summed E-state index contributed by atoms with van der Waals surface area (Å²) in [6, 6.07) is 1.35. The average Bonchev–Trinajstić information content (AvgIpc) is 2.01. The maximum Gasteiger partial charge on any atom is 0.0283 e. The van der Waals surface area contributed by atoms with Gasteiger partial charge in [-0.1, -0.05) is 0 Å². The predicted molar refractivity (Wildman–Crippen MR) is 62.6 cm³/mol. The Balaban J connectivity index is 2.65.